The number of hydrogen-bond acceptors (Lipinski definition) is 21. The van der Waals surface area contributed by atoms with Gasteiger partial charge in [0.05, 0.1) is 19.5 Å². The molecule has 0 aliphatic carbocycles. The number of nitrogens with two attached hydrogens (primary N) is 1. The van der Waals surface area contributed by atoms with E-state index in [4.69, 9.17) is 10.5 Å². The number of fused-ring (bicyclic) bond motifs is 1. The Morgan fingerprint density at radius 1 is 0.914 bits per heavy atom. The number of aromatic nitrogens is 4. The zero-order valence-corrected chi connectivity index (χ0v) is 44.0. The number of carbonyl (C=O) groups excluding carboxylic acids is 3. The lowest BCUT2D eigenvalue weighted by atomic mass is 9.87. The van der Waals surface area contributed by atoms with E-state index in [1.165, 1.54) is 33.1 Å². The van der Waals surface area contributed by atoms with Crippen LogP contribution in [0.4, 0.5) is 5.82 Å². The van der Waals surface area contributed by atoms with E-state index < -0.39 is 84.6 Å². The molecule has 0 saturated carbocycles. The van der Waals surface area contributed by atoms with Gasteiger partial charge in [0.1, 0.15) is 36.3 Å². The summed E-state index contributed by atoms with van der Waals surface area (Å²) in [7, 11) is -17.3. The Kier molecular flexibility index (Phi) is 31.1. The van der Waals surface area contributed by atoms with Crippen molar-refractivity contribution in [3.05, 3.63) is 49.1 Å². The maximum atomic E-state index is 12.6. The first kappa shape index (κ1) is 66.7. The molecule has 2 aromatic rings. The van der Waals surface area contributed by atoms with Gasteiger partial charge in [-0.05, 0) is 44.9 Å². The van der Waals surface area contributed by atoms with Gasteiger partial charge in [0.2, 0.25) is 11.8 Å². The largest absolute Gasteiger partial charge is 0.756 e. The lowest BCUT2D eigenvalue weighted by Gasteiger charge is -2.35. The Balaban J connectivity index is 0.0000159. The number of phosphoric acid groups is 3. The summed E-state index contributed by atoms with van der Waals surface area (Å²) in [5, 5.41) is 26.4. The summed E-state index contributed by atoms with van der Waals surface area (Å²) in [6.07, 6.45) is 15.2. The third kappa shape index (κ3) is 24.4. The second-order valence-corrected chi connectivity index (χ2v) is 21.1. The molecule has 2 amide bonds. The summed E-state index contributed by atoms with van der Waals surface area (Å²) in [4.78, 5) is 94.8. The zero-order chi connectivity index (χ0) is 49.7. The molecule has 0 spiro atoms. The number of unbranched alkanes of at least 4 members (excludes halogenated alkanes) is 5. The number of nitrogens with zero attached hydrogens (tertiary/aromatic N) is 4. The second kappa shape index (κ2) is 32.7. The maximum Gasteiger partial charge on any atom is 0.274 e. The van der Waals surface area contributed by atoms with Crippen LogP contribution in [0.5, 0.6) is 0 Å². The van der Waals surface area contributed by atoms with E-state index in [2.05, 4.69) is 86.8 Å². The monoisotopic (exact) mass is 1080 g/mol. The van der Waals surface area contributed by atoms with Gasteiger partial charge in [-0.15, -0.1) is 0 Å². The highest BCUT2D eigenvalue weighted by molar-refractivity contribution is 8.13. The van der Waals surface area contributed by atoms with Crippen LogP contribution in [0, 0.1) is 5.41 Å². The Morgan fingerprint density at radius 2 is 1.53 bits per heavy atom. The van der Waals surface area contributed by atoms with Gasteiger partial charge < -0.3 is 82.9 Å². The van der Waals surface area contributed by atoms with Crippen LogP contribution in [0.15, 0.2) is 49.1 Å². The third-order valence-electron chi connectivity index (χ3n) is 9.76. The molecule has 31 heteroatoms. The topological polar surface area (TPSA) is 482 Å². The Labute approximate surface area is 411 Å². The summed E-state index contributed by atoms with van der Waals surface area (Å²) >= 11 is 1.11. The molecule has 0 aromatic carbocycles. The van der Waals surface area contributed by atoms with E-state index >= 15 is 0 Å². The molecular formula is C39H73N10O17P3S. The Bertz CT molecular complexity index is 2150. The highest BCUT2D eigenvalue weighted by Gasteiger charge is 2.48. The number of thioether (sulfide) groups is 1. The van der Waals surface area contributed by atoms with E-state index in [-0.39, 0.29) is 60.1 Å². The Morgan fingerprint density at radius 3 is 2.16 bits per heavy atom. The van der Waals surface area contributed by atoms with Gasteiger partial charge in [-0.1, -0.05) is 81.8 Å². The Hall–Kier alpha value is -3.34. The van der Waals surface area contributed by atoms with Gasteiger partial charge in [-0.3, -0.25) is 32.6 Å². The van der Waals surface area contributed by atoms with Gasteiger partial charge in [-0.2, -0.15) is 0 Å². The number of allylic oxidation sites excluding steroid dienone is 6. The molecule has 4 unspecified atom stereocenters. The van der Waals surface area contributed by atoms with Crippen LogP contribution in [0.2, 0.25) is 0 Å². The minimum absolute atomic E-state index is 0. The lowest BCUT2D eigenvalue weighted by molar-refractivity contribution is -0.247. The maximum absolute atomic E-state index is 12.6. The summed E-state index contributed by atoms with van der Waals surface area (Å²) in [5.74, 6) is -1.16. The number of rotatable bonds is 32. The molecular weight excluding hydrogens is 1010 g/mol. The molecule has 70 heavy (non-hydrogen) atoms. The normalized spacial score (nSPS) is 20.2. The molecule has 19 N–H and O–H groups in total. The summed E-state index contributed by atoms with van der Waals surface area (Å²) in [6.45, 7) is 2.37. The van der Waals surface area contributed by atoms with E-state index in [1.807, 2.05) is 0 Å². The molecule has 402 valence electrons. The number of nitrogen functional groups attached to an aromatic ring is 1. The van der Waals surface area contributed by atoms with Crippen molar-refractivity contribution in [1.82, 2.24) is 48.6 Å². The van der Waals surface area contributed by atoms with Gasteiger partial charge in [0.25, 0.3) is 23.5 Å². The van der Waals surface area contributed by atoms with Crippen LogP contribution in [-0.2, 0) is 50.7 Å². The standard InChI is InChI=1S/C39H64N7O17P3S.3H3N/c1-4-5-6-7-8-9-10-11-12-13-14-15-16-17-18-19-30(48)67-23-22-41-29(47)20-21-42-37(51)34(50)39(2,3)25-60-66(57,58)63-65(55,56)59-24-28-33(62-64(52,53)54)32(49)38(61-28)46-27-45-31-35(40)43-26-44-36(31)46;;;/h8-9,11-12,14-15,26-28,32-34,38,49-50H,4-7,10,13,16-25H2,1-3H3,(H,41,47)(H,42,51)(H,55,56)(H,57,58)(H2,40,43,44)(H2,52,53,54);3*1H3/b9-8-,12-11-,15-14-;;;/t28-,32?,33+,34+,38-;;;/m1.../s1. The molecule has 3 rings (SSSR count). The molecule has 3 heterocycles. The molecule has 8 atom stereocenters. The van der Waals surface area contributed by atoms with Gasteiger partial charge in [0.15, 0.2) is 22.8 Å². The van der Waals surface area contributed by atoms with E-state index in [9.17, 15) is 57.9 Å². The predicted molar refractivity (Wildman–Crippen MR) is 258 cm³/mol. The van der Waals surface area contributed by atoms with Crippen molar-refractivity contribution >= 4 is 69.1 Å². The van der Waals surface area contributed by atoms with Crippen molar-refractivity contribution in [1.29, 1.82) is 0 Å². The number of ether oxygens (including phenoxy) is 1. The molecule has 1 aliphatic rings. The predicted octanol–water partition coefficient (Wildman–Crippen LogP) is 3.49. The number of hydrogen-bond donors (Lipinski definition) is 9. The third-order valence-corrected chi connectivity index (χ3v) is 13.7. The van der Waals surface area contributed by atoms with Crippen molar-refractivity contribution in [2.45, 2.75) is 122 Å². The van der Waals surface area contributed by atoms with Crippen molar-refractivity contribution in [3.63, 3.8) is 0 Å². The molecule has 0 radical (unpaired) electrons. The highest BCUT2D eigenvalue weighted by Crippen LogP contribution is 2.56. The van der Waals surface area contributed by atoms with Crippen LogP contribution in [0.25, 0.3) is 11.2 Å². The lowest BCUT2D eigenvalue weighted by Crippen LogP contribution is -2.46. The van der Waals surface area contributed by atoms with E-state index in [1.54, 1.807) is 0 Å². The van der Waals surface area contributed by atoms with Crippen LogP contribution >= 0.6 is 35.2 Å². The number of imidazole rings is 1. The highest BCUT2D eigenvalue weighted by atomic mass is 32.2. The van der Waals surface area contributed by atoms with Crippen LogP contribution in [0.3, 0.4) is 0 Å². The van der Waals surface area contributed by atoms with Crippen LogP contribution in [0.1, 0.15) is 97.6 Å². The molecule has 1 fully saturated rings. The van der Waals surface area contributed by atoms with Crippen LogP contribution in [-0.4, -0.2) is 108 Å². The summed E-state index contributed by atoms with van der Waals surface area (Å²) < 4.78 is 61.1. The molecule has 1 saturated heterocycles. The molecule has 2 aromatic heterocycles. The number of aliphatic hydroxyl groups excluding tert-OH is 2. The smallest absolute Gasteiger partial charge is 0.274 e. The fourth-order valence-electron chi connectivity index (χ4n) is 6.17. The van der Waals surface area contributed by atoms with Crippen molar-refractivity contribution in [3.8, 4) is 0 Å². The van der Waals surface area contributed by atoms with Crippen molar-refractivity contribution < 1.29 is 80.5 Å². The van der Waals surface area contributed by atoms with E-state index in [0.717, 1.165) is 67.5 Å². The number of aliphatic hydroxyl groups is 2. The number of quaternary nitrogens is 3. The first-order chi connectivity index (χ1) is 31.6. The number of amides is 2. The van der Waals surface area contributed by atoms with Gasteiger partial charge in [-0.25, -0.2) is 19.3 Å². The van der Waals surface area contributed by atoms with Gasteiger partial charge >= 0.3 is 0 Å². The zero-order valence-electron chi connectivity index (χ0n) is 40.5. The quantitative estimate of drug-likeness (QED) is 0.0287. The number of nitrogens with one attached hydrogen (secondary N) is 2. The average molecular weight is 1080 g/mol. The van der Waals surface area contributed by atoms with Crippen molar-refractivity contribution in [2.75, 3.05) is 37.8 Å². The number of phosphoric ester groups is 3. The van der Waals surface area contributed by atoms with Gasteiger partial charge in [0, 0.05) is 37.1 Å². The minimum Gasteiger partial charge on any atom is -0.756 e. The van der Waals surface area contributed by atoms with Crippen molar-refractivity contribution in [2.24, 2.45) is 5.41 Å². The fraction of sp³-hybridized carbons (Fsp3) is 0.641. The molecule has 27 nitrogen and oxygen atoms in total. The summed E-state index contributed by atoms with van der Waals surface area (Å²) in [6, 6.07) is 0. The van der Waals surface area contributed by atoms with Crippen LogP contribution < -0.4 is 49.5 Å². The minimum atomic E-state index is -5.91. The summed E-state index contributed by atoms with van der Waals surface area (Å²) in [5.41, 5.74) is 4.12. The SMILES string of the molecule is CCCCC/C=C\C/C=C\C/C=C\CCCCC(=O)SCCNC(=O)CCNC(=O)[C@H](O)C(C)(C)COP(=O)([O-])OP(=O)([O-])OC[C@H]1O[C@@H](n2cnc3c(N)ncnc32)C(O)[C@H]1OP(=O)([O-])O.[NH4+].[NH4+].[NH4+]. The average Bonchev–Trinajstić information content (AvgIpc) is 3.81. The number of anilines is 1. The second-order valence-electron chi connectivity index (χ2n) is 15.9. The first-order valence-electron chi connectivity index (χ1n) is 21.5. The fourth-order valence-corrected chi connectivity index (χ4v) is 9.64. The first-order valence-corrected chi connectivity index (χ1v) is 26.9. The van der Waals surface area contributed by atoms with E-state index in [0.29, 0.717) is 12.2 Å². The molecule has 0 bridgehead atoms. The number of carbonyl (C=O) groups is 3. The molecule has 1 aliphatic heterocycles.